The van der Waals surface area contributed by atoms with Gasteiger partial charge < -0.3 is 23.9 Å². The van der Waals surface area contributed by atoms with E-state index in [1.54, 1.807) is 18.3 Å². The number of aliphatic hydroxyl groups is 2. The van der Waals surface area contributed by atoms with Crippen LogP contribution >= 0.6 is 0 Å². The van der Waals surface area contributed by atoms with Gasteiger partial charge >= 0.3 is 6.18 Å². The number of hydrogen-bond donors (Lipinski definition) is 2. The monoisotopic (exact) mass is 541 g/mol. The van der Waals surface area contributed by atoms with Crippen LogP contribution in [-0.4, -0.2) is 37.5 Å². The minimum atomic E-state index is -4.36. The number of hydrogen-bond acceptors (Lipinski definition) is 6. The number of rotatable bonds is 13. The quantitative estimate of drug-likeness (QED) is 0.215. The molecule has 0 aliphatic rings. The van der Waals surface area contributed by atoms with Crippen LogP contribution in [0, 0.1) is 0 Å². The summed E-state index contributed by atoms with van der Waals surface area (Å²) < 4.78 is 51.2. The Labute approximate surface area is 224 Å². The zero-order chi connectivity index (χ0) is 27.7. The molecule has 1 unspecified atom stereocenters. The van der Waals surface area contributed by atoms with Crippen LogP contribution in [0.3, 0.4) is 0 Å². The molecule has 10 heteroatoms. The van der Waals surface area contributed by atoms with Gasteiger partial charge in [0.25, 0.3) is 0 Å². The maximum absolute atomic E-state index is 12.7. The summed E-state index contributed by atoms with van der Waals surface area (Å²) >= 11 is 0. The molecule has 0 fully saturated rings. The smallest absolute Gasteiger partial charge is 0.416 e. The Morgan fingerprint density at radius 1 is 1.03 bits per heavy atom. The Balaban J connectivity index is 1.19. The number of oxazole rings is 1. The predicted octanol–water partition coefficient (Wildman–Crippen LogP) is 5.56. The summed E-state index contributed by atoms with van der Waals surface area (Å²) in [5, 5.41) is 18.7. The lowest BCUT2D eigenvalue weighted by Gasteiger charge is -2.10. The van der Waals surface area contributed by atoms with Crippen molar-refractivity contribution in [3.8, 4) is 5.75 Å². The van der Waals surface area contributed by atoms with Gasteiger partial charge in [-0.1, -0.05) is 24.3 Å². The Kier molecular flexibility index (Phi) is 9.56. The molecule has 7 nitrogen and oxygen atoms in total. The van der Waals surface area contributed by atoms with Gasteiger partial charge in [-0.05, 0) is 60.7 Å². The number of benzene rings is 2. The van der Waals surface area contributed by atoms with Crippen LogP contribution in [0.15, 0.2) is 71.6 Å². The van der Waals surface area contributed by atoms with E-state index in [0.717, 1.165) is 43.8 Å². The second-order valence-electron chi connectivity index (χ2n) is 9.10. The molecule has 0 radical (unpaired) electrons. The topological polar surface area (TPSA) is 93.5 Å². The predicted molar refractivity (Wildman–Crippen MR) is 140 cm³/mol. The van der Waals surface area contributed by atoms with Crippen molar-refractivity contribution < 1.29 is 32.5 Å². The molecule has 2 heterocycles. The molecule has 4 aromatic rings. The van der Waals surface area contributed by atoms with Gasteiger partial charge in [-0.3, -0.25) is 0 Å². The first kappa shape index (κ1) is 28.1. The van der Waals surface area contributed by atoms with Crippen LogP contribution < -0.4 is 4.74 Å². The van der Waals surface area contributed by atoms with Gasteiger partial charge in [-0.25, -0.2) is 9.97 Å². The summed E-state index contributed by atoms with van der Waals surface area (Å²) in [6.45, 7) is 0.737. The van der Waals surface area contributed by atoms with Crippen LogP contribution in [0.2, 0.25) is 0 Å². The molecule has 0 bridgehead atoms. The molecule has 2 aromatic carbocycles. The fourth-order valence-corrected chi connectivity index (χ4v) is 3.95. The summed E-state index contributed by atoms with van der Waals surface area (Å²) in [4.78, 5) is 8.58. The number of aromatic nitrogens is 3. The first-order chi connectivity index (χ1) is 18.8. The Bertz CT molecular complexity index is 1330. The molecule has 206 valence electrons. The van der Waals surface area contributed by atoms with E-state index in [-0.39, 0.29) is 13.2 Å². The highest BCUT2D eigenvalue weighted by Gasteiger charge is 2.29. The number of alkyl halides is 3. The molecular weight excluding hydrogens is 511 g/mol. The van der Waals surface area contributed by atoms with E-state index >= 15 is 0 Å². The number of imidazole rings is 1. The summed E-state index contributed by atoms with van der Waals surface area (Å²) in [5.41, 5.74) is 1.70. The van der Waals surface area contributed by atoms with Crippen LogP contribution in [0.1, 0.15) is 46.9 Å². The summed E-state index contributed by atoms with van der Waals surface area (Å²) in [7, 11) is 0. The molecule has 0 amide bonds. The standard InChI is InChI=1S/C29H30F3N3O4/c30-29(31,32)23-9-4-22(5-10-23)8-13-28-34-24(20-39-28)19-38-26-11-6-21(7-12-26)3-1-2-15-35-16-14-33-27(35)17-25(37)18-36/h4-14,16,20,25,36-37H,1-3,15,17-19H2/b13-8+. The molecule has 0 saturated carbocycles. The van der Waals surface area contributed by atoms with Gasteiger partial charge in [0.2, 0.25) is 5.89 Å². The van der Waals surface area contributed by atoms with Crippen molar-refractivity contribution in [2.75, 3.05) is 6.61 Å². The van der Waals surface area contributed by atoms with Crippen molar-refractivity contribution in [1.82, 2.24) is 14.5 Å². The van der Waals surface area contributed by atoms with Crippen LogP contribution in [-0.2, 0) is 32.2 Å². The lowest BCUT2D eigenvalue weighted by atomic mass is 10.1. The van der Waals surface area contributed by atoms with E-state index in [1.165, 1.54) is 24.0 Å². The van der Waals surface area contributed by atoms with Gasteiger partial charge in [0.15, 0.2) is 0 Å². The molecule has 2 aromatic heterocycles. The molecule has 39 heavy (non-hydrogen) atoms. The van der Waals surface area contributed by atoms with Crippen molar-refractivity contribution in [3.63, 3.8) is 0 Å². The van der Waals surface area contributed by atoms with Crippen LogP contribution in [0.4, 0.5) is 13.2 Å². The SMILES string of the molecule is OCC(O)Cc1nccn1CCCCc1ccc(OCc2coc(/C=C/c3ccc(C(F)(F)F)cc3)n2)cc1. The van der Waals surface area contributed by atoms with Gasteiger partial charge in [0.05, 0.1) is 18.3 Å². The second kappa shape index (κ2) is 13.3. The van der Waals surface area contributed by atoms with Crippen molar-refractivity contribution in [2.45, 2.75) is 51.1 Å². The highest BCUT2D eigenvalue weighted by Crippen LogP contribution is 2.29. The molecule has 0 spiro atoms. The first-order valence-corrected chi connectivity index (χ1v) is 12.6. The number of nitrogens with zero attached hydrogens (tertiary/aromatic N) is 3. The third-order valence-electron chi connectivity index (χ3n) is 6.08. The zero-order valence-corrected chi connectivity index (χ0v) is 21.2. The number of unbranched alkanes of at least 4 members (excludes halogenated alkanes) is 1. The lowest BCUT2D eigenvalue weighted by Crippen LogP contribution is -2.18. The highest BCUT2D eigenvalue weighted by atomic mass is 19.4. The Hall–Kier alpha value is -3.89. The Morgan fingerprint density at radius 2 is 1.79 bits per heavy atom. The molecular formula is C29H30F3N3O4. The maximum Gasteiger partial charge on any atom is 0.416 e. The number of aliphatic hydroxyl groups excluding tert-OH is 2. The third kappa shape index (κ3) is 8.56. The molecule has 0 aliphatic carbocycles. The van der Waals surface area contributed by atoms with Crippen LogP contribution in [0.25, 0.3) is 12.2 Å². The maximum atomic E-state index is 12.7. The van der Waals surface area contributed by atoms with Crippen molar-refractivity contribution in [2.24, 2.45) is 0 Å². The summed E-state index contributed by atoms with van der Waals surface area (Å²) in [6.07, 6.45) is 6.34. The van der Waals surface area contributed by atoms with Crippen molar-refractivity contribution in [1.29, 1.82) is 0 Å². The highest BCUT2D eigenvalue weighted by molar-refractivity contribution is 5.66. The molecule has 0 aliphatic heterocycles. The largest absolute Gasteiger partial charge is 0.487 e. The molecule has 1 atom stereocenters. The van der Waals surface area contributed by atoms with Crippen LogP contribution in [0.5, 0.6) is 5.75 Å². The van der Waals surface area contributed by atoms with E-state index in [0.29, 0.717) is 29.3 Å². The van der Waals surface area contributed by atoms with E-state index in [1.807, 2.05) is 35.0 Å². The van der Waals surface area contributed by atoms with Gasteiger partial charge in [-0.15, -0.1) is 0 Å². The molecule has 0 saturated heterocycles. The van der Waals surface area contributed by atoms with E-state index in [4.69, 9.17) is 14.3 Å². The minimum absolute atomic E-state index is 0.217. The van der Waals surface area contributed by atoms with E-state index in [9.17, 15) is 18.3 Å². The average molecular weight is 542 g/mol. The second-order valence-corrected chi connectivity index (χ2v) is 9.10. The first-order valence-electron chi connectivity index (χ1n) is 12.6. The normalized spacial score (nSPS) is 12.7. The summed E-state index contributed by atoms with van der Waals surface area (Å²) in [6, 6.07) is 12.7. The zero-order valence-electron chi connectivity index (χ0n) is 21.2. The van der Waals surface area contributed by atoms with Gasteiger partial charge in [0.1, 0.15) is 30.1 Å². The third-order valence-corrected chi connectivity index (χ3v) is 6.08. The fourth-order valence-electron chi connectivity index (χ4n) is 3.95. The summed E-state index contributed by atoms with van der Waals surface area (Å²) in [5.74, 6) is 1.80. The molecule has 2 N–H and O–H groups in total. The average Bonchev–Trinajstić information content (AvgIpc) is 3.58. The minimum Gasteiger partial charge on any atom is -0.487 e. The lowest BCUT2D eigenvalue weighted by molar-refractivity contribution is -0.137. The molecule has 4 rings (SSSR count). The fraction of sp³-hybridized carbons (Fsp3) is 0.310. The number of ether oxygens (including phenoxy) is 1. The number of aryl methyl sites for hydroxylation is 2. The van der Waals surface area contributed by atoms with Crippen molar-refractivity contribution >= 4 is 12.2 Å². The van der Waals surface area contributed by atoms with E-state index < -0.39 is 17.8 Å². The Morgan fingerprint density at radius 3 is 2.51 bits per heavy atom. The van der Waals surface area contributed by atoms with Gasteiger partial charge in [-0.2, -0.15) is 13.2 Å². The van der Waals surface area contributed by atoms with Gasteiger partial charge in [0, 0.05) is 31.4 Å². The van der Waals surface area contributed by atoms with Crippen molar-refractivity contribution in [3.05, 3.63) is 101 Å². The van der Waals surface area contributed by atoms with E-state index in [2.05, 4.69) is 9.97 Å². The number of halogens is 3.